The molecule has 0 saturated heterocycles. The minimum Gasteiger partial charge on any atom is -0.497 e. The normalized spacial score (nSPS) is 17.3. The molecule has 1 N–H and O–H groups in total. The number of benzene rings is 2. The van der Waals surface area contributed by atoms with Crippen LogP contribution in [0.4, 0.5) is 22.0 Å². The van der Waals surface area contributed by atoms with Crippen molar-refractivity contribution < 1.29 is 36.3 Å². The second-order valence-corrected chi connectivity index (χ2v) is 7.28. The van der Waals surface area contributed by atoms with E-state index in [1.54, 1.807) is 6.92 Å². The van der Waals surface area contributed by atoms with Gasteiger partial charge in [-0.15, -0.1) is 5.10 Å². The molecular formula is C22H17F5N4O3. The van der Waals surface area contributed by atoms with E-state index in [0.29, 0.717) is 11.4 Å². The molecule has 0 bridgehead atoms. The fourth-order valence-electron chi connectivity index (χ4n) is 3.18. The molecule has 1 aliphatic rings. The van der Waals surface area contributed by atoms with Crippen LogP contribution in [0.5, 0.6) is 17.4 Å². The summed E-state index contributed by atoms with van der Waals surface area (Å²) in [5, 5.41) is 13.8. The molecule has 0 spiro atoms. The lowest BCUT2D eigenvalue weighted by Crippen LogP contribution is -2.46. The molecule has 0 saturated carbocycles. The van der Waals surface area contributed by atoms with Crippen molar-refractivity contribution in [2.24, 2.45) is 5.16 Å². The van der Waals surface area contributed by atoms with Crippen LogP contribution in [0.25, 0.3) is 0 Å². The zero-order chi connectivity index (χ0) is 24.5. The first-order valence-electron chi connectivity index (χ1n) is 9.81. The summed E-state index contributed by atoms with van der Waals surface area (Å²) < 4.78 is 78.8. The lowest BCUT2D eigenvalue weighted by atomic mass is 10.0. The topological polar surface area (TPSA) is 77.9 Å². The summed E-state index contributed by atoms with van der Waals surface area (Å²) in [4.78, 5) is 4.47. The van der Waals surface area contributed by atoms with Crippen molar-refractivity contribution in [3.05, 3.63) is 77.0 Å². The highest BCUT2D eigenvalue weighted by Gasteiger charge is 2.48. The van der Waals surface area contributed by atoms with Gasteiger partial charge in [0.2, 0.25) is 5.88 Å². The fraction of sp³-hybridized carbons (Fsp3) is 0.227. The summed E-state index contributed by atoms with van der Waals surface area (Å²) in [6, 6.07) is 9.82. The van der Waals surface area contributed by atoms with E-state index in [4.69, 9.17) is 9.47 Å². The van der Waals surface area contributed by atoms with Crippen molar-refractivity contribution in [1.29, 1.82) is 0 Å². The second-order valence-electron chi connectivity index (χ2n) is 7.28. The van der Waals surface area contributed by atoms with Gasteiger partial charge in [-0.3, -0.25) is 0 Å². The lowest BCUT2D eigenvalue weighted by molar-refractivity contribution is -0.263. The predicted octanol–water partition coefficient (Wildman–Crippen LogP) is 5.22. The van der Waals surface area contributed by atoms with Crippen LogP contribution in [0.15, 0.2) is 59.8 Å². The molecule has 1 aliphatic heterocycles. The predicted molar refractivity (Wildman–Crippen MR) is 110 cm³/mol. The molecule has 7 nitrogen and oxygen atoms in total. The van der Waals surface area contributed by atoms with Gasteiger partial charge < -0.3 is 19.6 Å². The SMILES string of the molecule is COc1ccc(C2NC(c3cc(C)nnc3Oc3cccc(C(F)(F)F)c3)=NOC2(F)F)cc1. The molecule has 1 aromatic heterocycles. The van der Waals surface area contributed by atoms with Crippen molar-refractivity contribution in [3.8, 4) is 17.4 Å². The van der Waals surface area contributed by atoms with Crippen LogP contribution < -0.4 is 14.8 Å². The first-order valence-corrected chi connectivity index (χ1v) is 9.81. The Bertz CT molecular complexity index is 1220. The molecular weight excluding hydrogens is 463 g/mol. The van der Waals surface area contributed by atoms with Gasteiger partial charge in [-0.1, -0.05) is 23.4 Å². The number of nitrogens with zero attached hydrogens (tertiary/aromatic N) is 3. The molecule has 0 amide bonds. The zero-order valence-corrected chi connectivity index (χ0v) is 17.7. The van der Waals surface area contributed by atoms with Gasteiger partial charge in [0.25, 0.3) is 0 Å². The number of aromatic nitrogens is 2. The third-order valence-electron chi connectivity index (χ3n) is 4.84. The number of alkyl halides is 5. The highest BCUT2D eigenvalue weighted by Crippen LogP contribution is 2.38. The molecule has 0 radical (unpaired) electrons. The van der Waals surface area contributed by atoms with E-state index < -0.39 is 23.9 Å². The number of hydrogen-bond donors (Lipinski definition) is 1. The van der Waals surface area contributed by atoms with Gasteiger partial charge in [0.1, 0.15) is 11.5 Å². The molecule has 1 atom stereocenters. The maximum atomic E-state index is 14.5. The van der Waals surface area contributed by atoms with E-state index in [1.807, 2.05) is 0 Å². The van der Waals surface area contributed by atoms with E-state index in [2.05, 4.69) is 25.5 Å². The van der Waals surface area contributed by atoms with E-state index in [1.165, 1.54) is 49.6 Å². The van der Waals surface area contributed by atoms with E-state index in [9.17, 15) is 22.0 Å². The van der Waals surface area contributed by atoms with Gasteiger partial charge in [-0.25, -0.2) is 0 Å². The van der Waals surface area contributed by atoms with Gasteiger partial charge >= 0.3 is 12.3 Å². The van der Waals surface area contributed by atoms with Gasteiger partial charge in [0, 0.05) is 0 Å². The smallest absolute Gasteiger partial charge is 0.442 e. The number of hydrogen-bond acceptors (Lipinski definition) is 7. The standard InChI is InChI=1S/C22H17F5N4O3/c1-12-10-17(20(30-29-12)33-16-5-3-4-14(11-16)21(23,24)25)19-28-18(22(26,27)34-31-19)13-6-8-15(32-2)9-7-13/h3-11,18H,1-2H3,(H,28,31). The Kier molecular flexibility index (Phi) is 5.98. The number of ether oxygens (including phenoxy) is 2. The number of aryl methyl sites for hydroxylation is 1. The summed E-state index contributed by atoms with van der Waals surface area (Å²) in [6.45, 7) is 1.59. The van der Waals surface area contributed by atoms with Gasteiger partial charge in [-0.05, 0) is 48.9 Å². The molecule has 178 valence electrons. The zero-order valence-electron chi connectivity index (χ0n) is 17.7. The van der Waals surface area contributed by atoms with Crippen LogP contribution in [0.2, 0.25) is 0 Å². The average Bonchev–Trinajstić information content (AvgIpc) is 2.80. The highest BCUT2D eigenvalue weighted by atomic mass is 19.4. The summed E-state index contributed by atoms with van der Waals surface area (Å²) >= 11 is 0. The van der Waals surface area contributed by atoms with E-state index >= 15 is 0 Å². The maximum Gasteiger partial charge on any atom is 0.442 e. The molecule has 2 aromatic carbocycles. The molecule has 0 aliphatic carbocycles. The number of rotatable bonds is 5. The van der Waals surface area contributed by atoms with Gasteiger partial charge in [-0.2, -0.15) is 27.1 Å². The van der Waals surface area contributed by atoms with Crippen LogP contribution >= 0.6 is 0 Å². The van der Waals surface area contributed by atoms with Crippen LogP contribution in [0.1, 0.15) is 28.4 Å². The number of halogens is 5. The lowest BCUT2D eigenvalue weighted by Gasteiger charge is -2.31. The van der Waals surface area contributed by atoms with Gasteiger partial charge in [0.15, 0.2) is 11.9 Å². The van der Waals surface area contributed by atoms with Crippen LogP contribution in [0, 0.1) is 6.92 Å². The Morgan fingerprint density at radius 1 is 1.00 bits per heavy atom. The first kappa shape index (κ1) is 23.2. The summed E-state index contributed by atoms with van der Waals surface area (Å²) in [5.41, 5.74) is -0.298. The minimum absolute atomic E-state index is 0.0684. The Hall–Kier alpha value is -3.96. The summed E-state index contributed by atoms with van der Waals surface area (Å²) in [5.74, 6) is -0.114. The number of oxime groups is 1. The molecule has 0 fully saturated rings. The maximum absolute atomic E-state index is 14.5. The average molecular weight is 480 g/mol. The molecule has 3 aromatic rings. The van der Waals surface area contributed by atoms with Crippen molar-refractivity contribution in [1.82, 2.24) is 15.5 Å². The minimum atomic E-state index is -4.58. The Balaban J connectivity index is 1.68. The van der Waals surface area contributed by atoms with Crippen molar-refractivity contribution in [2.45, 2.75) is 25.3 Å². The largest absolute Gasteiger partial charge is 0.497 e. The van der Waals surface area contributed by atoms with Crippen LogP contribution in [-0.2, 0) is 11.0 Å². The Morgan fingerprint density at radius 2 is 1.74 bits per heavy atom. The summed E-state index contributed by atoms with van der Waals surface area (Å²) in [7, 11) is 1.45. The Labute approximate surface area is 190 Å². The highest BCUT2D eigenvalue weighted by molar-refractivity contribution is 6.01. The molecule has 2 heterocycles. The molecule has 4 rings (SSSR count). The van der Waals surface area contributed by atoms with E-state index in [0.717, 1.165) is 12.1 Å². The monoisotopic (exact) mass is 480 g/mol. The van der Waals surface area contributed by atoms with Crippen LogP contribution in [-0.4, -0.2) is 29.3 Å². The molecule has 12 heteroatoms. The first-order chi connectivity index (χ1) is 16.1. The van der Waals surface area contributed by atoms with Gasteiger partial charge in [0.05, 0.1) is 23.9 Å². The number of amidine groups is 1. The third-order valence-corrected chi connectivity index (χ3v) is 4.84. The molecule has 34 heavy (non-hydrogen) atoms. The third kappa shape index (κ3) is 4.85. The fourth-order valence-corrected chi connectivity index (χ4v) is 3.18. The Morgan fingerprint density at radius 3 is 2.41 bits per heavy atom. The summed E-state index contributed by atoms with van der Waals surface area (Å²) in [6.07, 6.45) is -8.28. The number of methoxy groups -OCH3 is 1. The van der Waals surface area contributed by atoms with Crippen molar-refractivity contribution >= 4 is 5.84 Å². The van der Waals surface area contributed by atoms with Crippen molar-refractivity contribution in [3.63, 3.8) is 0 Å². The second kappa shape index (κ2) is 8.76. The van der Waals surface area contributed by atoms with Crippen LogP contribution in [0.3, 0.4) is 0 Å². The van der Waals surface area contributed by atoms with Crippen molar-refractivity contribution in [2.75, 3.05) is 7.11 Å². The number of nitrogens with one attached hydrogen (secondary N) is 1. The molecule has 1 unspecified atom stereocenters. The van der Waals surface area contributed by atoms with E-state index in [-0.39, 0.29) is 28.6 Å². The quantitative estimate of drug-likeness (QED) is 0.505.